The lowest BCUT2D eigenvalue weighted by Gasteiger charge is -1.80. The first-order valence-electron chi connectivity index (χ1n) is 4.94. The minimum absolute atomic E-state index is 0.856. The highest BCUT2D eigenvalue weighted by Gasteiger charge is 1.75. The molecule has 0 bridgehead atoms. The van der Waals surface area contributed by atoms with E-state index in [0.717, 1.165) is 11.4 Å². The van der Waals surface area contributed by atoms with E-state index in [1.54, 1.807) is 12.2 Å². The molecule has 1 heterocycles. The number of hydrogen-bond acceptors (Lipinski definition) is 2. The Balaban J connectivity index is 0. The third kappa shape index (κ3) is 12.4. The summed E-state index contributed by atoms with van der Waals surface area (Å²) in [5, 5.41) is 6.22. The van der Waals surface area contributed by atoms with Crippen molar-refractivity contribution in [3.8, 4) is 0 Å². The number of aromatic nitrogens is 3. The molecule has 0 fully saturated rings. The van der Waals surface area contributed by atoms with E-state index in [9.17, 15) is 0 Å². The fourth-order valence-electron chi connectivity index (χ4n) is 0.521. The summed E-state index contributed by atoms with van der Waals surface area (Å²) in [5.41, 5.74) is 1.15. The first-order chi connectivity index (χ1) is 7.20. The van der Waals surface area contributed by atoms with Crippen LogP contribution < -0.4 is 0 Å². The summed E-state index contributed by atoms with van der Waals surface area (Å²) >= 11 is 0. The molecule has 1 aromatic heterocycles. The van der Waals surface area contributed by atoms with Crippen LogP contribution in [0.1, 0.15) is 26.6 Å². The molecule has 0 unspecified atom stereocenters. The normalized spacial score (nSPS) is 8.93. The molecular formula is C12H21N3. The molecule has 3 nitrogen and oxygen atoms in total. The van der Waals surface area contributed by atoms with Crippen molar-refractivity contribution in [3.05, 3.63) is 49.1 Å². The largest absolute Gasteiger partial charge is 0.264 e. The molecule has 0 aromatic carbocycles. The first kappa shape index (κ1) is 15.8. The van der Waals surface area contributed by atoms with Crippen molar-refractivity contribution < 1.29 is 0 Å². The molecule has 0 saturated heterocycles. The van der Waals surface area contributed by atoms with Crippen molar-refractivity contribution >= 4 is 0 Å². The van der Waals surface area contributed by atoms with Crippen molar-refractivity contribution in [2.24, 2.45) is 0 Å². The van der Waals surface area contributed by atoms with Gasteiger partial charge in [-0.2, -0.15) is 5.10 Å². The molecule has 0 amide bonds. The molecule has 0 atom stereocenters. The summed E-state index contributed by atoms with van der Waals surface area (Å²) in [6, 6.07) is 0. The minimum Gasteiger partial charge on any atom is -0.264 e. The van der Waals surface area contributed by atoms with E-state index in [1.807, 2.05) is 33.8 Å². The van der Waals surface area contributed by atoms with Gasteiger partial charge >= 0.3 is 0 Å². The average molecular weight is 207 g/mol. The van der Waals surface area contributed by atoms with E-state index in [4.69, 9.17) is 0 Å². The van der Waals surface area contributed by atoms with E-state index in [1.165, 1.54) is 6.33 Å². The molecule has 84 valence electrons. The Hall–Kier alpha value is -1.64. The first-order valence-corrected chi connectivity index (χ1v) is 4.94. The monoisotopic (exact) mass is 207 g/mol. The van der Waals surface area contributed by atoms with Gasteiger partial charge in [0.1, 0.15) is 12.2 Å². The number of aryl methyl sites for hydroxylation is 1. The summed E-state index contributed by atoms with van der Waals surface area (Å²) in [6.07, 6.45) is 6.93. The smallest absolute Gasteiger partial charge is 0.137 e. The van der Waals surface area contributed by atoms with Gasteiger partial charge in [0.25, 0.3) is 0 Å². The quantitative estimate of drug-likeness (QED) is 0.755. The van der Waals surface area contributed by atoms with Gasteiger partial charge in [0.05, 0.1) is 0 Å². The summed E-state index contributed by atoms with van der Waals surface area (Å²) in [5.74, 6) is 0.856. The van der Waals surface area contributed by atoms with Crippen LogP contribution in [-0.2, 0) is 0 Å². The average Bonchev–Trinajstić information content (AvgIpc) is 2.73. The lowest BCUT2D eigenvalue weighted by molar-refractivity contribution is 1.04. The van der Waals surface area contributed by atoms with Gasteiger partial charge in [0.2, 0.25) is 0 Å². The zero-order valence-electron chi connectivity index (χ0n) is 10.1. The van der Waals surface area contributed by atoms with Gasteiger partial charge in [-0.05, 0) is 13.8 Å². The molecule has 15 heavy (non-hydrogen) atoms. The van der Waals surface area contributed by atoms with Crippen LogP contribution in [0.2, 0.25) is 0 Å². The van der Waals surface area contributed by atoms with Crippen molar-refractivity contribution in [2.75, 3.05) is 0 Å². The van der Waals surface area contributed by atoms with Gasteiger partial charge in [-0.15, -0.1) is 0 Å². The molecule has 3 heteroatoms. The van der Waals surface area contributed by atoms with Gasteiger partial charge in [-0.3, -0.25) is 5.10 Å². The maximum absolute atomic E-state index is 3.75. The molecule has 0 saturated carbocycles. The maximum atomic E-state index is 3.75. The topological polar surface area (TPSA) is 41.6 Å². The summed E-state index contributed by atoms with van der Waals surface area (Å²) < 4.78 is 0. The summed E-state index contributed by atoms with van der Waals surface area (Å²) in [4.78, 5) is 3.75. The van der Waals surface area contributed by atoms with E-state index < -0.39 is 0 Å². The number of aromatic amines is 1. The van der Waals surface area contributed by atoms with Gasteiger partial charge in [0.15, 0.2) is 0 Å². The Morgan fingerprint density at radius 1 is 1.40 bits per heavy atom. The highest BCUT2D eigenvalue weighted by atomic mass is 15.2. The van der Waals surface area contributed by atoms with Crippen LogP contribution >= 0.6 is 0 Å². The van der Waals surface area contributed by atoms with Gasteiger partial charge < -0.3 is 0 Å². The molecule has 1 aromatic rings. The Kier molecular flexibility index (Phi) is 13.0. The third-order valence-electron chi connectivity index (χ3n) is 1.24. The highest BCUT2D eigenvalue weighted by molar-refractivity contribution is 5.17. The molecule has 0 radical (unpaired) electrons. The van der Waals surface area contributed by atoms with Gasteiger partial charge in [-0.1, -0.05) is 50.8 Å². The van der Waals surface area contributed by atoms with Crippen molar-refractivity contribution in [3.63, 3.8) is 0 Å². The molecule has 1 rings (SSSR count). The zero-order valence-corrected chi connectivity index (χ0v) is 10.1. The van der Waals surface area contributed by atoms with Crippen molar-refractivity contribution in [1.29, 1.82) is 0 Å². The molecule has 0 aliphatic carbocycles. The van der Waals surface area contributed by atoms with Gasteiger partial charge in [-0.25, -0.2) is 4.98 Å². The number of nitrogens with one attached hydrogen (secondary N) is 1. The minimum atomic E-state index is 0.856. The predicted octanol–water partition coefficient (Wildman–Crippen LogP) is 3.44. The number of allylic oxidation sites excluding steroid dienone is 4. The molecule has 0 spiro atoms. The fraction of sp³-hybridized carbons (Fsp3) is 0.333. The van der Waals surface area contributed by atoms with Crippen LogP contribution in [0, 0.1) is 6.92 Å². The second kappa shape index (κ2) is 12.4. The number of H-pyrrole nitrogens is 1. The van der Waals surface area contributed by atoms with Crippen LogP contribution in [0.25, 0.3) is 0 Å². The van der Waals surface area contributed by atoms with Crippen LogP contribution in [0.15, 0.2) is 43.3 Å². The van der Waals surface area contributed by atoms with Gasteiger partial charge in [0, 0.05) is 0 Å². The van der Waals surface area contributed by atoms with Crippen LogP contribution in [0.4, 0.5) is 0 Å². The Bertz CT molecular complexity index is 271. The Labute approximate surface area is 92.6 Å². The SMILES string of the molecule is C=C/C=C(/C)C=C.CC.Cc1ncn[nH]1. The van der Waals surface area contributed by atoms with E-state index in [-0.39, 0.29) is 0 Å². The lowest BCUT2D eigenvalue weighted by Crippen LogP contribution is -1.68. The number of rotatable bonds is 2. The molecule has 0 aliphatic rings. The standard InChI is InChI=1S/C7H10.C3H5N3.C2H6/c1-4-6-7(3)5-2;1-3-4-2-5-6-3;1-2/h4-6H,1-2H2,3H3;2H,1H3,(H,4,5,6);1-2H3/b7-6-;;. The van der Waals surface area contributed by atoms with Crippen LogP contribution in [0.5, 0.6) is 0 Å². The number of nitrogens with zero attached hydrogens (tertiary/aromatic N) is 2. The number of hydrogen-bond donors (Lipinski definition) is 1. The van der Waals surface area contributed by atoms with E-state index in [0.29, 0.717) is 0 Å². The lowest BCUT2D eigenvalue weighted by atomic mass is 10.3. The summed E-state index contributed by atoms with van der Waals surface area (Å²) in [6.45, 7) is 14.9. The zero-order chi connectivity index (χ0) is 12.1. The van der Waals surface area contributed by atoms with Crippen LogP contribution in [0.3, 0.4) is 0 Å². The second-order valence-electron chi connectivity index (χ2n) is 2.42. The fourth-order valence-corrected chi connectivity index (χ4v) is 0.521. The molecule has 1 N–H and O–H groups in total. The highest BCUT2D eigenvalue weighted by Crippen LogP contribution is 1.90. The second-order valence-corrected chi connectivity index (χ2v) is 2.42. The molecule has 0 aliphatic heterocycles. The molecular weight excluding hydrogens is 186 g/mol. The van der Waals surface area contributed by atoms with Crippen molar-refractivity contribution in [1.82, 2.24) is 15.2 Å². The third-order valence-corrected chi connectivity index (χ3v) is 1.24. The van der Waals surface area contributed by atoms with Crippen molar-refractivity contribution in [2.45, 2.75) is 27.7 Å². The Morgan fingerprint density at radius 3 is 2.13 bits per heavy atom. The van der Waals surface area contributed by atoms with Crippen LogP contribution in [-0.4, -0.2) is 15.2 Å². The van der Waals surface area contributed by atoms with E-state index >= 15 is 0 Å². The Morgan fingerprint density at radius 2 is 2.00 bits per heavy atom. The maximum Gasteiger partial charge on any atom is 0.137 e. The van der Waals surface area contributed by atoms with E-state index in [2.05, 4.69) is 28.3 Å². The summed E-state index contributed by atoms with van der Waals surface area (Å²) in [7, 11) is 0. The predicted molar refractivity (Wildman–Crippen MR) is 66.6 cm³/mol.